The van der Waals surface area contributed by atoms with Crippen molar-refractivity contribution in [1.82, 2.24) is 10.2 Å². The van der Waals surface area contributed by atoms with Crippen LogP contribution in [0, 0.1) is 19.8 Å². The van der Waals surface area contributed by atoms with Crippen molar-refractivity contribution in [2.24, 2.45) is 11.7 Å². The summed E-state index contributed by atoms with van der Waals surface area (Å²) < 4.78 is 5.73. The van der Waals surface area contributed by atoms with Crippen LogP contribution in [0.2, 0.25) is 0 Å². The van der Waals surface area contributed by atoms with Crippen molar-refractivity contribution < 1.29 is 14.3 Å². The molecule has 1 saturated heterocycles. The second kappa shape index (κ2) is 10.3. The summed E-state index contributed by atoms with van der Waals surface area (Å²) in [5.74, 6) is 0.511. The van der Waals surface area contributed by atoms with Gasteiger partial charge in [0, 0.05) is 26.2 Å². The molecular weight excluding hydrogens is 342 g/mol. The van der Waals surface area contributed by atoms with Crippen molar-refractivity contribution in [2.75, 3.05) is 32.8 Å². The van der Waals surface area contributed by atoms with Crippen molar-refractivity contribution in [3.05, 3.63) is 29.3 Å². The van der Waals surface area contributed by atoms with Gasteiger partial charge in [-0.05, 0) is 37.8 Å². The van der Waals surface area contributed by atoms with Crippen molar-refractivity contribution in [3.63, 3.8) is 0 Å². The van der Waals surface area contributed by atoms with Gasteiger partial charge < -0.3 is 20.7 Å². The second-order valence-electron chi connectivity index (χ2n) is 6.27. The third-order valence-electron chi connectivity index (χ3n) is 4.34. The monoisotopic (exact) mass is 369 g/mol. The number of aryl methyl sites for hydroxylation is 2. The summed E-state index contributed by atoms with van der Waals surface area (Å²) in [6.07, 6.45) is 1.63. The van der Waals surface area contributed by atoms with Gasteiger partial charge in [0.2, 0.25) is 5.91 Å². The molecule has 1 unspecified atom stereocenters. The number of nitrogens with one attached hydrogen (secondary N) is 1. The van der Waals surface area contributed by atoms with E-state index in [9.17, 15) is 9.59 Å². The summed E-state index contributed by atoms with van der Waals surface area (Å²) in [5, 5.41) is 2.80. The molecule has 25 heavy (non-hydrogen) atoms. The number of benzene rings is 1. The smallest absolute Gasteiger partial charge is 0.260 e. The van der Waals surface area contributed by atoms with E-state index in [0.717, 1.165) is 29.7 Å². The van der Waals surface area contributed by atoms with Gasteiger partial charge in [0.1, 0.15) is 5.75 Å². The molecule has 7 heteroatoms. The van der Waals surface area contributed by atoms with Crippen LogP contribution in [0.5, 0.6) is 5.75 Å². The molecular formula is C18H28ClN3O3. The van der Waals surface area contributed by atoms with Crippen LogP contribution in [0.3, 0.4) is 0 Å². The summed E-state index contributed by atoms with van der Waals surface area (Å²) in [4.78, 5) is 26.2. The highest BCUT2D eigenvalue weighted by Crippen LogP contribution is 2.23. The summed E-state index contributed by atoms with van der Waals surface area (Å²) in [5.41, 5.74) is 7.43. The van der Waals surface area contributed by atoms with Gasteiger partial charge in [-0.2, -0.15) is 0 Å². The van der Waals surface area contributed by atoms with Crippen molar-refractivity contribution in [2.45, 2.75) is 26.7 Å². The van der Waals surface area contributed by atoms with Crippen LogP contribution in [-0.2, 0) is 9.59 Å². The number of ether oxygens (including phenoxy) is 1. The Hall–Kier alpha value is -1.79. The molecule has 1 aliphatic heterocycles. The lowest BCUT2D eigenvalue weighted by atomic mass is 9.97. The molecule has 1 heterocycles. The predicted octanol–water partition coefficient (Wildman–Crippen LogP) is 1.42. The minimum absolute atomic E-state index is 0. The molecule has 2 amide bonds. The number of nitrogens with zero attached hydrogens (tertiary/aromatic N) is 1. The SMILES string of the molecule is Cc1cccc(C)c1OCC(=O)N1CCCC(C(=O)NCCN)C1.Cl. The first-order valence-electron chi connectivity index (χ1n) is 8.47. The molecule has 1 fully saturated rings. The number of nitrogens with two attached hydrogens (primary N) is 1. The number of para-hydroxylation sites is 1. The Bertz CT molecular complexity index is 575. The fourth-order valence-corrected chi connectivity index (χ4v) is 3.01. The fraction of sp³-hybridized carbons (Fsp3) is 0.556. The molecule has 1 atom stereocenters. The number of piperidine rings is 1. The lowest BCUT2D eigenvalue weighted by Gasteiger charge is -2.32. The number of hydrogen-bond acceptors (Lipinski definition) is 4. The van der Waals surface area contributed by atoms with Crippen molar-refractivity contribution in [1.29, 1.82) is 0 Å². The summed E-state index contributed by atoms with van der Waals surface area (Å²) >= 11 is 0. The van der Waals surface area contributed by atoms with Crippen molar-refractivity contribution >= 4 is 24.2 Å². The zero-order chi connectivity index (χ0) is 17.5. The van der Waals surface area contributed by atoms with E-state index in [-0.39, 0.29) is 36.7 Å². The standard InChI is InChI=1S/C18H27N3O3.ClH/c1-13-5-3-6-14(2)17(13)24-12-16(22)21-10-4-7-15(11-21)18(23)20-9-8-19;/h3,5-6,15H,4,7-12,19H2,1-2H3,(H,20,23);1H. The van der Waals surface area contributed by atoms with E-state index >= 15 is 0 Å². The average Bonchev–Trinajstić information content (AvgIpc) is 2.59. The van der Waals surface area contributed by atoms with E-state index in [2.05, 4.69) is 5.32 Å². The van der Waals surface area contributed by atoms with E-state index in [0.29, 0.717) is 26.2 Å². The zero-order valence-electron chi connectivity index (χ0n) is 14.9. The minimum atomic E-state index is -0.158. The first-order valence-corrected chi connectivity index (χ1v) is 8.47. The Balaban J connectivity index is 0.00000312. The number of amides is 2. The Kier molecular flexibility index (Phi) is 8.72. The maximum atomic E-state index is 12.4. The van der Waals surface area contributed by atoms with Crippen LogP contribution in [0.4, 0.5) is 0 Å². The lowest BCUT2D eigenvalue weighted by Crippen LogP contribution is -2.47. The average molecular weight is 370 g/mol. The van der Waals surface area contributed by atoms with Crippen molar-refractivity contribution in [3.8, 4) is 5.75 Å². The van der Waals surface area contributed by atoms with Gasteiger partial charge in [0.15, 0.2) is 6.61 Å². The molecule has 2 rings (SSSR count). The molecule has 6 nitrogen and oxygen atoms in total. The quantitative estimate of drug-likeness (QED) is 0.794. The topological polar surface area (TPSA) is 84.7 Å². The highest BCUT2D eigenvalue weighted by Gasteiger charge is 2.28. The normalized spacial score (nSPS) is 16.8. The Labute approximate surface area is 155 Å². The van der Waals surface area contributed by atoms with Crippen LogP contribution in [0.1, 0.15) is 24.0 Å². The molecule has 0 bridgehead atoms. The molecule has 0 aliphatic carbocycles. The second-order valence-corrected chi connectivity index (χ2v) is 6.27. The van der Waals surface area contributed by atoms with Gasteiger partial charge in [-0.15, -0.1) is 12.4 Å². The lowest BCUT2D eigenvalue weighted by molar-refractivity contribution is -0.137. The summed E-state index contributed by atoms with van der Waals surface area (Å²) in [6, 6.07) is 5.89. The van der Waals surface area contributed by atoms with Gasteiger partial charge in [-0.1, -0.05) is 18.2 Å². The van der Waals surface area contributed by atoms with E-state index in [1.54, 1.807) is 4.90 Å². The molecule has 140 valence electrons. The minimum Gasteiger partial charge on any atom is -0.483 e. The highest BCUT2D eigenvalue weighted by atomic mass is 35.5. The number of carbonyl (C=O) groups excluding carboxylic acids is 2. The van der Waals surface area contributed by atoms with Gasteiger partial charge in [-0.25, -0.2) is 0 Å². The first kappa shape index (κ1) is 21.3. The third-order valence-corrected chi connectivity index (χ3v) is 4.34. The highest BCUT2D eigenvalue weighted by molar-refractivity contribution is 5.85. The van der Waals surface area contributed by atoms with E-state index in [4.69, 9.17) is 10.5 Å². The number of likely N-dealkylation sites (tertiary alicyclic amines) is 1. The number of hydrogen-bond donors (Lipinski definition) is 2. The molecule has 3 N–H and O–H groups in total. The van der Waals surface area contributed by atoms with E-state index < -0.39 is 0 Å². The molecule has 1 aromatic rings. The molecule has 0 radical (unpaired) electrons. The van der Waals surface area contributed by atoms with Crippen LogP contribution in [0.25, 0.3) is 0 Å². The molecule has 0 aromatic heterocycles. The van der Waals surface area contributed by atoms with Gasteiger partial charge in [-0.3, -0.25) is 9.59 Å². The van der Waals surface area contributed by atoms with E-state index in [1.165, 1.54) is 0 Å². The summed E-state index contributed by atoms with van der Waals surface area (Å²) in [7, 11) is 0. The maximum absolute atomic E-state index is 12.4. The largest absolute Gasteiger partial charge is 0.483 e. The zero-order valence-corrected chi connectivity index (χ0v) is 15.7. The predicted molar refractivity (Wildman–Crippen MR) is 100 cm³/mol. The molecule has 0 saturated carbocycles. The maximum Gasteiger partial charge on any atom is 0.260 e. The van der Waals surface area contributed by atoms with Crippen LogP contribution in [-0.4, -0.2) is 49.5 Å². The fourth-order valence-electron chi connectivity index (χ4n) is 3.01. The van der Waals surface area contributed by atoms with E-state index in [1.807, 2.05) is 32.0 Å². The van der Waals surface area contributed by atoms with Gasteiger partial charge in [0.05, 0.1) is 5.92 Å². The number of halogens is 1. The van der Waals surface area contributed by atoms with Gasteiger partial charge >= 0.3 is 0 Å². The Morgan fingerprint density at radius 1 is 1.32 bits per heavy atom. The first-order chi connectivity index (χ1) is 11.5. The third kappa shape index (κ3) is 5.90. The Morgan fingerprint density at radius 3 is 2.64 bits per heavy atom. The van der Waals surface area contributed by atoms with Crippen LogP contribution in [0.15, 0.2) is 18.2 Å². The summed E-state index contributed by atoms with van der Waals surface area (Å²) in [6.45, 7) is 5.95. The Morgan fingerprint density at radius 2 is 2.00 bits per heavy atom. The van der Waals surface area contributed by atoms with Crippen LogP contribution < -0.4 is 15.8 Å². The number of rotatable bonds is 6. The van der Waals surface area contributed by atoms with Crippen LogP contribution >= 0.6 is 12.4 Å². The molecule has 1 aliphatic rings. The molecule has 0 spiro atoms. The van der Waals surface area contributed by atoms with Gasteiger partial charge in [0.25, 0.3) is 5.91 Å². The number of carbonyl (C=O) groups is 2. The molecule has 1 aromatic carbocycles.